The molecule has 3 rings (SSSR count). The Hall–Kier alpha value is -2.38. The lowest BCUT2D eigenvalue weighted by Gasteiger charge is -2.43. The Bertz CT molecular complexity index is 809. The minimum Gasteiger partial charge on any atom is -0.388 e. The molecule has 1 aliphatic heterocycles. The third-order valence-corrected chi connectivity index (χ3v) is 5.39. The number of hydrogen-bond acceptors (Lipinski definition) is 6. The molecular weight excluding hydrogens is 345 g/mol. The molecular formula is C20H26FN5O. The van der Waals surface area contributed by atoms with Gasteiger partial charge in [0.1, 0.15) is 11.5 Å². The number of pyridine rings is 2. The molecule has 27 heavy (non-hydrogen) atoms. The summed E-state index contributed by atoms with van der Waals surface area (Å²) in [6, 6.07) is 6.27. The van der Waals surface area contributed by atoms with Gasteiger partial charge < -0.3 is 15.3 Å². The summed E-state index contributed by atoms with van der Waals surface area (Å²) in [5.41, 5.74) is -0.347. The number of nitrogens with one attached hydrogen (secondary N) is 2. The normalized spacial score (nSPS) is 19.8. The Morgan fingerprint density at radius 2 is 2.19 bits per heavy atom. The number of nitrogens with zero attached hydrogens (tertiary/aromatic N) is 3. The highest BCUT2D eigenvalue weighted by Crippen LogP contribution is 2.25. The second kappa shape index (κ2) is 7.70. The summed E-state index contributed by atoms with van der Waals surface area (Å²) < 4.78 is 14.4. The molecule has 1 fully saturated rings. The Kier molecular flexibility index (Phi) is 5.53. The maximum atomic E-state index is 14.4. The summed E-state index contributed by atoms with van der Waals surface area (Å²) in [5, 5.41) is 22.5. The minimum absolute atomic E-state index is 0.00307. The first-order valence-electron chi connectivity index (χ1n) is 9.17. The average Bonchev–Trinajstić information content (AvgIpc) is 2.68. The number of rotatable bonds is 5. The molecule has 7 heteroatoms. The highest BCUT2D eigenvalue weighted by molar-refractivity contribution is 6.09. The lowest BCUT2D eigenvalue weighted by Crippen LogP contribution is -2.62. The smallest absolute Gasteiger partial charge is 0.151 e. The zero-order chi connectivity index (χ0) is 19.6. The largest absolute Gasteiger partial charge is 0.388 e. The van der Waals surface area contributed by atoms with Crippen LogP contribution in [0.5, 0.6) is 0 Å². The van der Waals surface area contributed by atoms with E-state index in [4.69, 9.17) is 5.41 Å². The first kappa shape index (κ1) is 19.4. The fourth-order valence-corrected chi connectivity index (χ4v) is 3.18. The number of halogens is 1. The van der Waals surface area contributed by atoms with Crippen molar-refractivity contribution >= 4 is 11.5 Å². The van der Waals surface area contributed by atoms with Gasteiger partial charge in [0, 0.05) is 37.6 Å². The van der Waals surface area contributed by atoms with Crippen LogP contribution in [0.15, 0.2) is 36.7 Å². The van der Waals surface area contributed by atoms with Crippen molar-refractivity contribution in [3.63, 3.8) is 0 Å². The first-order valence-corrected chi connectivity index (χ1v) is 9.17. The number of anilines is 1. The van der Waals surface area contributed by atoms with Gasteiger partial charge in [0.25, 0.3) is 0 Å². The second-order valence-electron chi connectivity index (χ2n) is 7.45. The molecule has 1 saturated heterocycles. The predicted molar refractivity (Wildman–Crippen MR) is 104 cm³/mol. The molecule has 6 nitrogen and oxygen atoms in total. The molecule has 1 aliphatic rings. The summed E-state index contributed by atoms with van der Waals surface area (Å²) in [6.45, 7) is 7.77. The molecule has 0 bridgehead atoms. The summed E-state index contributed by atoms with van der Waals surface area (Å²) in [4.78, 5) is 10.4. The molecule has 0 aliphatic carbocycles. The standard InChI is InChI=1S/C20H26FN5O/c1-13(2)20(3,27)16-12-26(10-9-24-16)17-7-6-15(21)19(25-17)18(22)14-5-4-8-23-11-14/h4-8,11,13,16,22,24,27H,9-10,12H2,1-3H3. The predicted octanol–water partition coefficient (Wildman–Crippen LogP) is 2.22. The fraction of sp³-hybridized carbons (Fsp3) is 0.450. The van der Waals surface area contributed by atoms with Gasteiger partial charge in [-0.3, -0.25) is 10.4 Å². The monoisotopic (exact) mass is 371 g/mol. The van der Waals surface area contributed by atoms with Crippen molar-refractivity contribution in [1.29, 1.82) is 5.41 Å². The molecule has 144 valence electrons. The molecule has 2 aromatic rings. The second-order valence-corrected chi connectivity index (χ2v) is 7.45. The van der Waals surface area contributed by atoms with Crippen LogP contribution in [-0.2, 0) is 0 Å². The van der Waals surface area contributed by atoms with Gasteiger partial charge >= 0.3 is 0 Å². The van der Waals surface area contributed by atoms with E-state index in [2.05, 4.69) is 15.3 Å². The molecule has 2 aromatic heterocycles. The van der Waals surface area contributed by atoms with E-state index in [-0.39, 0.29) is 23.4 Å². The lowest BCUT2D eigenvalue weighted by molar-refractivity contribution is -0.0231. The average molecular weight is 371 g/mol. The molecule has 0 aromatic carbocycles. The summed E-state index contributed by atoms with van der Waals surface area (Å²) in [5.74, 6) is 0.157. The van der Waals surface area contributed by atoms with Crippen molar-refractivity contribution in [2.45, 2.75) is 32.4 Å². The molecule has 3 heterocycles. The van der Waals surface area contributed by atoms with E-state index >= 15 is 0 Å². The van der Waals surface area contributed by atoms with Gasteiger partial charge in [0.2, 0.25) is 0 Å². The van der Waals surface area contributed by atoms with E-state index < -0.39 is 11.4 Å². The molecule has 0 spiro atoms. The van der Waals surface area contributed by atoms with Gasteiger partial charge in [-0.1, -0.05) is 13.8 Å². The van der Waals surface area contributed by atoms with E-state index in [1.807, 2.05) is 25.7 Å². The van der Waals surface area contributed by atoms with Gasteiger partial charge in [0.15, 0.2) is 5.82 Å². The third kappa shape index (κ3) is 3.99. The van der Waals surface area contributed by atoms with Crippen LogP contribution in [-0.4, -0.2) is 52.1 Å². The number of piperazine rings is 1. The SMILES string of the molecule is CC(C)C(C)(O)C1CN(c2ccc(F)c(C(=N)c3cccnc3)n2)CCN1. The third-order valence-electron chi connectivity index (χ3n) is 5.39. The van der Waals surface area contributed by atoms with Crippen molar-refractivity contribution < 1.29 is 9.50 Å². The highest BCUT2D eigenvalue weighted by Gasteiger charge is 2.38. The maximum absolute atomic E-state index is 14.4. The van der Waals surface area contributed by atoms with Gasteiger partial charge in [-0.25, -0.2) is 9.37 Å². The van der Waals surface area contributed by atoms with Crippen LogP contribution < -0.4 is 10.2 Å². The van der Waals surface area contributed by atoms with Crippen LogP contribution in [0.25, 0.3) is 0 Å². The van der Waals surface area contributed by atoms with Crippen molar-refractivity contribution in [2.75, 3.05) is 24.5 Å². The van der Waals surface area contributed by atoms with Gasteiger partial charge in [-0.2, -0.15) is 0 Å². The topological polar surface area (TPSA) is 85.1 Å². The Balaban J connectivity index is 1.86. The number of aromatic nitrogens is 2. The van der Waals surface area contributed by atoms with Crippen LogP contribution in [0.2, 0.25) is 0 Å². The van der Waals surface area contributed by atoms with E-state index in [0.29, 0.717) is 31.0 Å². The van der Waals surface area contributed by atoms with E-state index in [9.17, 15) is 9.50 Å². The van der Waals surface area contributed by atoms with Crippen LogP contribution in [0, 0.1) is 17.1 Å². The highest BCUT2D eigenvalue weighted by atomic mass is 19.1. The minimum atomic E-state index is -0.871. The zero-order valence-corrected chi connectivity index (χ0v) is 15.9. The maximum Gasteiger partial charge on any atom is 0.151 e. The van der Waals surface area contributed by atoms with Crippen molar-refractivity contribution in [3.8, 4) is 0 Å². The van der Waals surface area contributed by atoms with E-state index in [1.165, 1.54) is 12.3 Å². The summed E-state index contributed by atoms with van der Waals surface area (Å²) in [7, 11) is 0. The van der Waals surface area contributed by atoms with E-state index in [1.54, 1.807) is 24.4 Å². The molecule has 2 unspecified atom stereocenters. The Labute approximate surface area is 159 Å². The van der Waals surface area contributed by atoms with Crippen molar-refractivity contribution in [1.82, 2.24) is 15.3 Å². The number of hydrogen-bond donors (Lipinski definition) is 3. The van der Waals surface area contributed by atoms with Crippen molar-refractivity contribution in [2.24, 2.45) is 5.92 Å². The Morgan fingerprint density at radius 3 is 2.85 bits per heavy atom. The van der Waals surface area contributed by atoms with Crippen LogP contribution in [0.3, 0.4) is 0 Å². The first-order chi connectivity index (χ1) is 12.8. The van der Waals surface area contributed by atoms with Crippen LogP contribution in [0.1, 0.15) is 32.0 Å². The van der Waals surface area contributed by atoms with Crippen LogP contribution in [0.4, 0.5) is 10.2 Å². The lowest BCUT2D eigenvalue weighted by atomic mass is 9.84. The molecule has 0 radical (unpaired) electrons. The molecule has 3 N–H and O–H groups in total. The van der Waals surface area contributed by atoms with Crippen molar-refractivity contribution in [3.05, 3.63) is 53.7 Å². The van der Waals surface area contributed by atoms with Gasteiger partial charge in [-0.05, 0) is 37.1 Å². The van der Waals surface area contributed by atoms with Gasteiger partial charge in [0.05, 0.1) is 17.4 Å². The molecule has 2 atom stereocenters. The summed E-state index contributed by atoms with van der Waals surface area (Å²) in [6.07, 6.45) is 3.13. The Morgan fingerprint density at radius 1 is 1.41 bits per heavy atom. The number of aliphatic hydroxyl groups is 1. The summed E-state index contributed by atoms with van der Waals surface area (Å²) >= 11 is 0. The fourth-order valence-electron chi connectivity index (χ4n) is 3.18. The molecule has 0 amide bonds. The van der Waals surface area contributed by atoms with E-state index in [0.717, 1.165) is 0 Å². The van der Waals surface area contributed by atoms with Crippen LogP contribution >= 0.6 is 0 Å². The quantitative estimate of drug-likeness (QED) is 0.702. The van der Waals surface area contributed by atoms with Gasteiger partial charge in [-0.15, -0.1) is 0 Å². The zero-order valence-electron chi connectivity index (χ0n) is 15.9. The molecule has 0 saturated carbocycles.